The molecule has 0 aliphatic carbocycles. The predicted octanol–water partition coefficient (Wildman–Crippen LogP) is 6.13. The van der Waals surface area contributed by atoms with Gasteiger partial charge in [0.2, 0.25) is 0 Å². The molecule has 3 aromatic rings. The van der Waals surface area contributed by atoms with Gasteiger partial charge >= 0.3 is 5.97 Å². The molecule has 0 aliphatic heterocycles. The van der Waals surface area contributed by atoms with Crippen LogP contribution >= 0.6 is 23.2 Å². The number of halogens is 2. The predicted molar refractivity (Wildman–Crippen MR) is 121 cm³/mol. The molecule has 0 fully saturated rings. The minimum atomic E-state index is -0.562. The molecule has 7 heteroatoms. The summed E-state index contributed by atoms with van der Waals surface area (Å²) in [7, 11) is 2.99. The number of hydrogen-bond acceptors (Lipinski definition) is 5. The fraction of sp³-hybridized carbons (Fsp3) is 0.0833. The second-order valence-electron chi connectivity index (χ2n) is 6.32. The van der Waals surface area contributed by atoms with E-state index >= 15 is 0 Å². The molecule has 5 nitrogen and oxygen atoms in total. The number of methoxy groups -OCH3 is 2. The van der Waals surface area contributed by atoms with E-state index in [-0.39, 0.29) is 5.78 Å². The molecule has 0 saturated carbocycles. The minimum absolute atomic E-state index is 0.242. The van der Waals surface area contributed by atoms with Crippen LogP contribution in [0.4, 0.5) is 0 Å². The first-order valence-electron chi connectivity index (χ1n) is 9.13. The molecule has 0 atom stereocenters. The fourth-order valence-electron chi connectivity index (χ4n) is 2.74. The number of allylic oxidation sites excluding steroid dienone is 1. The van der Waals surface area contributed by atoms with Crippen molar-refractivity contribution in [2.45, 2.75) is 0 Å². The Labute approximate surface area is 189 Å². The summed E-state index contributed by atoms with van der Waals surface area (Å²) in [5.74, 6) is 0.424. The van der Waals surface area contributed by atoms with E-state index in [0.717, 1.165) is 0 Å². The van der Waals surface area contributed by atoms with E-state index in [2.05, 4.69) is 0 Å². The fourth-order valence-corrected chi connectivity index (χ4v) is 3.27. The third kappa shape index (κ3) is 5.45. The molecule has 0 unspecified atom stereocenters. The molecule has 31 heavy (non-hydrogen) atoms. The lowest BCUT2D eigenvalue weighted by Gasteiger charge is -2.09. The zero-order valence-corrected chi connectivity index (χ0v) is 18.2. The van der Waals surface area contributed by atoms with Gasteiger partial charge in [-0.05, 0) is 66.7 Å². The van der Waals surface area contributed by atoms with Crippen LogP contribution < -0.4 is 14.2 Å². The molecule has 0 amide bonds. The molecular weight excluding hydrogens is 439 g/mol. The minimum Gasteiger partial charge on any atom is -0.493 e. The largest absolute Gasteiger partial charge is 0.493 e. The zero-order valence-electron chi connectivity index (χ0n) is 16.7. The van der Waals surface area contributed by atoms with Crippen LogP contribution in [-0.2, 0) is 0 Å². The van der Waals surface area contributed by atoms with Crippen LogP contribution in [0.1, 0.15) is 26.3 Å². The lowest BCUT2D eigenvalue weighted by Crippen LogP contribution is -2.09. The molecule has 0 spiro atoms. The topological polar surface area (TPSA) is 61.8 Å². The first-order chi connectivity index (χ1) is 14.9. The number of ether oxygens (including phenoxy) is 3. The molecule has 158 valence electrons. The van der Waals surface area contributed by atoms with Gasteiger partial charge in [-0.25, -0.2) is 4.79 Å². The number of carbonyl (C=O) groups excluding carboxylic acids is 2. The van der Waals surface area contributed by atoms with E-state index in [1.807, 2.05) is 0 Å². The average Bonchev–Trinajstić information content (AvgIpc) is 2.78. The quantitative estimate of drug-likeness (QED) is 0.185. The number of rotatable bonds is 7. The molecule has 0 N–H and O–H groups in total. The standard InChI is InChI=1S/C24H18Cl2O5/c1-29-22-13-8-16(14-23(22)30-2)24(28)31-17-9-6-15(7-10-17)21(27)12-11-18-19(25)4-3-5-20(18)26/h3-14H,1-2H3/b12-11+. The summed E-state index contributed by atoms with van der Waals surface area (Å²) in [6.07, 6.45) is 2.95. The van der Waals surface area contributed by atoms with Crippen LogP contribution in [0.2, 0.25) is 10.0 Å². The second-order valence-corrected chi connectivity index (χ2v) is 7.13. The first-order valence-corrected chi connectivity index (χ1v) is 9.89. The highest BCUT2D eigenvalue weighted by Crippen LogP contribution is 2.28. The Kier molecular flexibility index (Phi) is 7.34. The van der Waals surface area contributed by atoms with Crippen molar-refractivity contribution in [1.82, 2.24) is 0 Å². The molecule has 0 heterocycles. The van der Waals surface area contributed by atoms with Crippen molar-refractivity contribution >= 4 is 41.0 Å². The summed E-state index contributed by atoms with van der Waals surface area (Å²) in [4.78, 5) is 24.8. The summed E-state index contributed by atoms with van der Waals surface area (Å²) in [5.41, 5.74) is 1.29. The summed E-state index contributed by atoms with van der Waals surface area (Å²) >= 11 is 12.2. The maximum atomic E-state index is 12.4. The third-order valence-electron chi connectivity index (χ3n) is 4.37. The second kappa shape index (κ2) is 10.2. The van der Waals surface area contributed by atoms with E-state index in [4.69, 9.17) is 37.4 Å². The highest BCUT2D eigenvalue weighted by atomic mass is 35.5. The van der Waals surface area contributed by atoms with Crippen molar-refractivity contribution < 1.29 is 23.8 Å². The number of carbonyl (C=O) groups is 2. The van der Waals surface area contributed by atoms with Crippen molar-refractivity contribution in [2.75, 3.05) is 14.2 Å². The van der Waals surface area contributed by atoms with Crippen LogP contribution in [0, 0.1) is 0 Å². The Hall–Kier alpha value is -3.28. The maximum absolute atomic E-state index is 12.4. The van der Waals surface area contributed by atoms with Gasteiger partial charge in [-0.3, -0.25) is 4.79 Å². The van der Waals surface area contributed by atoms with Gasteiger partial charge in [-0.1, -0.05) is 29.3 Å². The van der Waals surface area contributed by atoms with Crippen molar-refractivity contribution in [3.8, 4) is 17.2 Å². The molecule has 0 aromatic heterocycles. The van der Waals surface area contributed by atoms with Gasteiger partial charge in [-0.15, -0.1) is 0 Å². The maximum Gasteiger partial charge on any atom is 0.343 e. The van der Waals surface area contributed by atoms with Crippen molar-refractivity contribution in [1.29, 1.82) is 0 Å². The van der Waals surface area contributed by atoms with Crippen LogP contribution in [0.25, 0.3) is 6.08 Å². The monoisotopic (exact) mass is 456 g/mol. The summed E-state index contributed by atoms with van der Waals surface area (Å²) < 4.78 is 15.7. The molecule has 0 bridgehead atoms. The summed E-state index contributed by atoms with van der Waals surface area (Å²) in [5, 5.41) is 0.906. The van der Waals surface area contributed by atoms with Gasteiger partial charge in [0, 0.05) is 21.2 Å². The number of hydrogen-bond donors (Lipinski definition) is 0. The zero-order chi connectivity index (χ0) is 22.4. The smallest absolute Gasteiger partial charge is 0.343 e. The Morgan fingerprint density at radius 2 is 1.42 bits per heavy atom. The van der Waals surface area contributed by atoms with Gasteiger partial charge in [0.1, 0.15) is 5.75 Å². The summed E-state index contributed by atoms with van der Waals surface area (Å²) in [6.45, 7) is 0. The summed E-state index contributed by atoms with van der Waals surface area (Å²) in [6, 6.07) is 16.1. The third-order valence-corrected chi connectivity index (χ3v) is 5.03. The number of ketones is 1. The molecule has 3 rings (SSSR count). The van der Waals surface area contributed by atoms with Crippen LogP contribution in [0.3, 0.4) is 0 Å². The van der Waals surface area contributed by atoms with Crippen LogP contribution in [0.5, 0.6) is 17.2 Å². The van der Waals surface area contributed by atoms with Crippen molar-refractivity contribution in [2.24, 2.45) is 0 Å². The molecule has 0 saturated heterocycles. The Morgan fingerprint density at radius 3 is 2.03 bits per heavy atom. The van der Waals surface area contributed by atoms with Gasteiger partial charge in [-0.2, -0.15) is 0 Å². The highest BCUT2D eigenvalue weighted by Gasteiger charge is 2.13. The lowest BCUT2D eigenvalue weighted by molar-refractivity contribution is 0.0734. The molecule has 0 aliphatic rings. The Morgan fingerprint density at radius 1 is 0.806 bits per heavy atom. The van der Waals surface area contributed by atoms with E-state index < -0.39 is 5.97 Å². The molecule has 3 aromatic carbocycles. The van der Waals surface area contributed by atoms with Crippen molar-refractivity contribution in [3.05, 3.63) is 93.5 Å². The van der Waals surface area contributed by atoms with E-state index in [1.54, 1.807) is 60.7 Å². The van der Waals surface area contributed by atoms with Gasteiger partial charge < -0.3 is 14.2 Å². The van der Waals surface area contributed by atoms with E-state index in [1.165, 1.54) is 26.4 Å². The molecule has 0 radical (unpaired) electrons. The van der Waals surface area contributed by atoms with Crippen LogP contribution in [-0.4, -0.2) is 26.0 Å². The van der Waals surface area contributed by atoms with E-state index in [9.17, 15) is 9.59 Å². The Balaban J connectivity index is 1.69. The van der Waals surface area contributed by atoms with Gasteiger partial charge in [0.05, 0.1) is 19.8 Å². The Bertz CT molecular complexity index is 1120. The number of benzene rings is 3. The first kappa shape index (κ1) is 22.4. The average molecular weight is 457 g/mol. The normalized spacial score (nSPS) is 10.7. The SMILES string of the molecule is COc1ccc(C(=O)Oc2ccc(C(=O)/C=C/c3c(Cl)cccc3Cl)cc2)cc1OC. The molecular formula is C24H18Cl2O5. The van der Waals surface area contributed by atoms with Gasteiger partial charge in [0.15, 0.2) is 17.3 Å². The van der Waals surface area contributed by atoms with Gasteiger partial charge in [0.25, 0.3) is 0 Å². The lowest BCUT2D eigenvalue weighted by atomic mass is 10.1. The van der Waals surface area contributed by atoms with Crippen molar-refractivity contribution in [3.63, 3.8) is 0 Å². The van der Waals surface area contributed by atoms with Crippen LogP contribution in [0.15, 0.2) is 66.7 Å². The number of esters is 1. The highest BCUT2D eigenvalue weighted by molar-refractivity contribution is 6.37. The van der Waals surface area contributed by atoms with E-state index in [0.29, 0.717) is 44.0 Å².